The molecule has 3 N–H and O–H groups in total. The fourth-order valence-corrected chi connectivity index (χ4v) is 3.38. The maximum Gasteiger partial charge on any atom is 0.416 e. The van der Waals surface area contributed by atoms with Crippen LogP contribution in [0.4, 0.5) is 19.1 Å². The molecule has 1 aliphatic rings. The standard InChI is InChI=1S/C18H21F3N4O2/c1-9-7-11(18(19,20)21)8-14(27)15(9)16-10(2)22-17(25-24-16)23-12-5-3-4-6-13(12)26/h7-8,12-13,26-27H,3-6H2,1-2H3,(H,22,23,25). The normalized spacial score (nSPS) is 20.5. The fraction of sp³-hybridized carbons (Fsp3) is 0.500. The topological polar surface area (TPSA) is 91.2 Å². The van der Waals surface area contributed by atoms with Crippen LogP contribution in [0, 0.1) is 13.8 Å². The van der Waals surface area contributed by atoms with Crippen LogP contribution in [0.5, 0.6) is 5.75 Å². The zero-order valence-electron chi connectivity index (χ0n) is 15.0. The van der Waals surface area contributed by atoms with E-state index in [1.54, 1.807) is 6.92 Å². The van der Waals surface area contributed by atoms with Crippen molar-refractivity contribution in [3.05, 3.63) is 29.0 Å². The number of hydrogen-bond acceptors (Lipinski definition) is 6. The third-order valence-electron chi connectivity index (χ3n) is 4.78. The van der Waals surface area contributed by atoms with Gasteiger partial charge < -0.3 is 15.5 Å². The molecule has 1 aromatic carbocycles. The Morgan fingerprint density at radius 1 is 1.11 bits per heavy atom. The molecule has 0 saturated heterocycles. The zero-order chi connectivity index (χ0) is 19.8. The van der Waals surface area contributed by atoms with Gasteiger partial charge in [0.15, 0.2) is 0 Å². The van der Waals surface area contributed by atoms with E-state index in [9.17, 15) is 23.4 Å². The molecule has 0 aliphatic heterocycles. The molecule has 9 heteroatoms. The summed E-state index contributed by atoms with van der Waals surface area (Å²) in [4.78, 5) is 4.30. The number of aromatic hydroxyl groups is 1. The van der Waals surface area contributed by atoms with Crippen molar-refractivity contribution in [3.8, 4) is 17.0 Å². The summed E-state index contributed by atoms with van der Waals surface area (Å²) in [6.45, 7) is 3.11. The molecule has 0 bridgehead atoms. The van der Waals surface area contributed by atoms with Gasteiger partial charge in [0, 0.05) is 5.56 Å². The summed E-state index contributed by atoms with van der Waals surface area (Å²) in [5.41, 5.74) is 0.100. The predicted molar refractivity (Wildman–Crippen MR) is 93.3 cm³/mol. The van der Waals surface area contributed by atoms with Gasteiger partial charge in [-0.3, -0.25) is 0 Å². The van der Waals surface area contributed by atoms with Gasteiger partial charge in [-0.15, -0.1) is 10.2 Å². The second-order valence-electron chi connectivity index (χ2n) is 6.86. The number of nitrogens with one attached hydrogen (secondary N) is 1. The molecular formula is C18H21F3N4O2. The second-order valence-corrected chi connectivity index (χ2v) is 6.86. The van der Waals surface area contributed by atoms with Crippen LogP contribution in [-0.4, -0.2) is 37.5 Å². The highest BCUT2D eigenvalue weighted by molar-refractivity contribution is 5.72. The van der Waals surface area contributed by atoms with Crippen molar-refractivity contribution in [2.24, 2.45) is 0 Å². The minimum absolute atomic E-state index is 0.160. The second kappa shape index (κ2) is 7.30. The summed E-state index contributed by atoms with van der Waals surface area (Å²) in [6, 6.07) is 1.47. The van der Waals surface area contributed by atoms with Crippen LogP contribution in [0.1, 0.15) is 42.5 Å². The van der Waals surface area contributed by atoms with E-state index in [-0.39, 0.29) is 28.8 Å². The number of benzene rings is 1. The molecule has 2 aromatic rings. The average Bonchev–Trinajstić information content (AvgIpc) is 2.57. The lowest BCUT2D eigenvalue weighted by Crippen LogP contribution is -2.37. The minimum atomic E-state index is -4.55. The Kier molecular flexibility index (Phi) is 5.23. The van der Waals surface area contributed by atoms with E-state index in [1.807, 2.05) is 0 Å². The molecule has 2 unspecified atom stereocenters. The summed E-state index contributed by atoms with van der Waals surface area (Å²) < 4.78 is 38.7. The van der Waals surface area contributed by atoms with Crippen molar-refractivity contribution in [2.75, 3.05) is 5.32 Å². The first-order valence-electron chi connectivity index (χ1n) is 8.74. The third kappa shape index (κ3) is 4.13. The Balaban J connectivity index is 1.90. The molecule has 146 valence electrons. The highest BCUT2D eigenvalue weighted by Gasteiger charge is 2.32. The lowest BCUT2D eigenvalue weighted by atomic mass is 9.93. The number of aromatic nitrogens is 3. The Bertz CT molecular complexity index is 819. The number of halogens is 3. The fourth-order valence-electron chi connectivity index (χ4n) is 3.38. The maximum absolute atomic E-state index is 12.9. The number of phenolic OH excluding ortho intramolecular Hbond substituents is 1. The summed E-state index contributed by atoms with van der Waals surface area (Å²) >= 11 is 0. The van der Waals surface area contributed by atoms with Crippen LogP contribution >= 0.6 is 0 Å². The van der Waals surface area contributed by atoms with Crippen molar-refractivity contribution in [1.82, 2.24) is 15.2 Å². The first kappa shape index (κ1) is 19.3. The number of hydrogen-bond donors (Lipinski definition) is 3. The van der Waals surface area contributed by atoms with Gasteiger partial charge >= 0.3 is 6.18 Å². The molecule has 1 heterocycles. The lowest BCUT2D eigenvalue weighted by Gasteiger charge is -2.28. The number of phenols is 1. The third-order valence-corrected chi connectivity index (χ3v) is 4.78. The van der Waals surface area contributed by atoms with Crippen molar-refractivity contribution in [1.29, 1.82) is 0 Å². The highest BCUT2D eigenvalue weighted by Crippen LogP contribution is 2.39. The summed E-state index contributed by atoms with van der Waals surface area (Å²) in [5, 5.41) is 31.3. The van der Waals surface area contributed by atoms with E-state index in [0.717, 1.165) is 25.3 Å². The number of aliphatic hydroxyl groups is 1. The van der Waals surface area contributed by atoms with Gasteiger partial charge in [0.25, 0.3) is 0 Å². The first-order chi connectivity index (χ1) is 12.7. The van der Waals surface area contributed by atoms with Crippen LogP contribution in [0.25, 0.3) is 11.3 Å². The minimum Gasteiger partial charge on any atom is -0.507 e. The monoisotopic (exact) mass is 382 g/mol. The molecule has 1 aliphatic carbocycles. The van der Waals surface area contributed by atoms with Crippen LogP contribution < -0.4 is 5.32 Å². The van der Waals surface area contributed by atoms with E-state index in [0.29, 0.717) is 18.2 Å². The Hall–Kier alpha value is -2.42. The van der Waals surface area contributed by atoms with Crippen LogP contribution in [-0.2, 0) is 6.18 Å². The van der Waals surface area contributed by atoms with Crippen molar-refractivity contribution >= 4 is 5.95 Å². The quantitative estimate of drug-likeness (QED) is 0.751. The lowest BCUT2D eigenvalue weighted by molar-refractivity contribution is -0.137. The van der Waals surface area contributed by atoms with E-state index >= 15 is 0 Å². The Labute approximate surface area is 154 Å². The predicted octanol–water partition coefficient (Wildman–Crippen LogP) is 3.60. The van der Waals surface area contributed by atoms with Crippen molar-refractivity contribution < 1.29 is 23.4 Å². The van der Waals surface area contributed by atoms with Crippen LogP contribution in [0.3, 0.4) is 0 Å². The number of rotatable bonds is 3. The molecular weight excluding hydrogens is 361 g/mol. The van der Waals surface area contributed by atoms with E-state index in [1.165, 1.54) is 6.92 Å². The van der Waals surface area contributed by atoms with Crippen molar-refractivity contribution in [3.63, 3.8) is 0 Å². The van der Waals surface area contributed by atoms with Gasteiger partial charge in [-0.1, -0.05) is 12.8 Å². The molecule has 6 nitrogen and oxygen atoms in total. The SMILES string of the molecule is Cc1cc(C(F)(F)F)cc(O)c1-c1nnc(NC2CCCCC2O)nc1C. The van der Waals surface area contributed by atoms with Crippen LogP contribution in [0.2, 0.25) is 0 Å². The average molecular weight is 382 g/mol. The van der Waals surface area contributed by atoms with Gasteiger partial charge in [0.2, 0.25) is 5.95 Å². The van der Waals surface area contributed by atoms with E-state index < -0.39 is 23.6 Å². The van der Waals surface area contributed by atoms with Crippen LogP contribution in [0.15, 0.2) is 12.1 Å². The number of aryl methyl sites for hydroxylation is 2. The number of anilines is 1. The largest absolute Gasteiger partial charge is 0.507 e. The van der Waals surface area contributed by atoms with Gasteiger partial charge in [-0.05, 0) is 44.4 Å². The molecule has 27 heavy (non-hydrogen) atoms. The molecule has 3 rings (SSSR count). The Morgan fingerprint density at radius 2 is 1.81 bits per heavy atom. The summed E-state index contributed by atoms with van der Waals surface area (Å²) in [6.07, 6.45) is -1.55. The van der Waals surface area contributed by atoms with Crippen molar-refractivity contribution in [2.45, 2.75) is 57.9 Å². The van der Waals surface area contributed by atoms with Gasteiger partial charge in [0.1, 0.15) is 11.4 Å². The number of aliphatic hydroxyl groups excluding tert-OH is 1. The summed E-state index contributed by atoms with van der Waals surface area (Å²) in [5.74, 6) is -0.281. The smallest absolute Gasteiger partial charge is 0.416 e. The molecule has 1 saturated carbocycles. The molecule has 1 fully saturated rings. The zero-order valence-corrected chi connectivity index (χ0v) is 15.0. The van der Waals surface area contributed by atoms with Gasteiger partial charge in [0.05, 0.1) is 23.4 Å². The first-order valence-corrected chi connectivity index (χ1v) is 8.74. The summed E-state index contributed by atoms with van der Waals surface area (Å²) in [7, 11) is 0. The Morgan fingerprint density at radius 3 is 2.41 bits per heavy atom. The number of nitrogens with zero attached hydrogens (tertiary/aromatic N) is 3. The molecule has 0 radical (unpaired) electrons. The molecule has 0 spiro atoms. The van der Waals surface area contributed by atoms with E-state index in [4.69, 9.17) is 0 Å². The highest BCUT2D eigenvalue weighted by atomic mass is 19.4. The van der Waals surface area contributed by atoms with E-state index in [2.05, 4.69) is 20.5 Å². The maximum atomic E-state index is 12.9. The van der Waals surface area contributed by atoms with Gasteiger partial charge in [-0.25, -0.2) is 4.98 Å². The van der Waals surface area contributed by atoms with Gasteiger partial charge in [-0.2, -0.15) is 13.2 Å². The molecule has 2 atom stereocenters. The molecule has 1 aromatic heterocycles. The number of alkyl halides is 3. The molecule has 0 amide bonds.